The van der Waals surface area contributed by atoms with Gasteiger partial charge in [-0.3, -0.25) is 0 Å². The van der Waals surface area contributed by atoms with Crippen LogP contribution in [0, 0.1) is 0 Å². The van der Waals surface area contributed by atoms with Crippen molar-refractivity contribution in [2.24, 2.45) is 0 Å². The maximum atomic E-state index is 9.91. The Balaban J connectivity index is 3.43. The van der Waals surface area contributed by atoms with Gasteiger partial charge in [0.25, 0.3) is 0 Å². The second-order valence-electron chi connectivity index (χ2n) is 1.74. The average molecular weight is 133 g/mol. The number of aliphatic hydroxyl groups is 1. The summed E-state index contributed by atoms with van der Waals surface area (Å²) in [5.74, 6) is 0. The standard InChI is InChI=1S/C5H11NO3/c1-2-4(3-7)6-5(8)9/h4,6-7H,2-3H2,1H3,(H,8,9). The van der Waals surface area contributed by atoms with Crippen molar-refractivity contribution in [1.82, 2.24) is 5.32 Å². The van der Waals surface area contributed by atoms with Crippen LogP contribution in [0.1, 0.15) is 13.3 Å². The minimum Gasteiger partial charge on any atom is -0.465 e. The third kappa shape index (κ3) is 3.78. The molecule has 0 saturated carbocycles. The summed E-state index contributed by atoms with van der Waals surface area (Å²) in [7, 11) is 0. The lowest BCUT2D eigenvalue weighted by molar-refractivity contribution is 0.176. The maximum Gasteiger partial charge on any atom is 0.404 e. The van der Waals surface area contributed by atoms with E-state index in [1.807, 2.05) is 0 Å². The predicted molar refractivity (Wildman–Crippen MR) is 32.3 cm³/mol. The molecule has 0 aliphatic carbocycles. The number of carbonyl (C=O) groups is 1. The average Bonchev–Trinajstić information content (AvgIpc) is 1.82. The van der Waals surface area contributed by atoms with Crippen LogP contribution in [-0.2, 0) is 0 Å². The molecule has 0 rings (SSSR count). The number of nitrogens with one attached hydrogen (secondary N) is 1. The van der Waals surface area contributed by atoms with Gasteiger partial charge in [-0.25, -0.2) is 4.79 Å². The van der Waals surface area contributed by atoms with Crippen molar-refractivity contribution in [1.29, 1.82) is 0 Å². The van der Waals surface area contributed by atoms with Gasteiger partial charge in [0.05, 0.1) is 12.6 Å². The molecule has 0 heterocycles. The molecule has 0 aliphatic rings. The molecule has 9 heavy (non-hydrogen) atoms. The molecule has 1 atom stereocenters. The molecular formula is C5H11NO3. The van der Waals surface area contributed by atoms with E-state index in [2.05, 4.69) is 5.32 Å². The molecule has 1 unspecified atom stereocenters. The summed E-state index contributed by atoms with van der Waals surface area (Å²) in [5, 5.41) is 18.7. The summed E-state index contributed by atoms with van der Waals surface area (Å²) in [6.07, 6.45) is -0.473. The van der Waals surface area contributed by atoms with Crippen molar-refractivity contribution in [2.75, 3.05) is 6.61 Å². The largest absolute Gasteiger partial charge is 0.465 e. The summed E-state index contributed by atoms with van der Waals surface area (Å²) < 4.78 is 0. The molecule has 0 bridgehead atoms. The molecule has 0 aromatic carbocycles. The number of carboxylic acid groups (broad SMARTS) is 1. The Labute approximate surface area is 53.5 Å². The van der Waals surface area contributed by atoms with Crippen molar-refractivity contribution in [3.05, 3.63) is 0 Å². The Kier molecular flexibility index (Phi) is 3.79. The van der Waals surface area contributed by atoms with Gasteiger partial charge in [0.1, 0.15) is 0 Å². The van der Waals surface area contributed by atoms with Gasteiger partial charge in [-0.15, -0.1) is 0 Å². The van der Waals surface area contributed by atoms with Gasteiger partial charge in [-0.2, -0.15) is 0 Å². The summed E-state index contributed by atoms with van der Waals surface area (Å²) in [4.78, 5) is 9.91. The second-order valence-corrected chi connectivity index (χ2v) is 1.74. The first kappa shape index (κ1) is 8.23. The minimum absolute atomic E-state index is 0.136. The minimum atomic E-state index is -1.09. The van der Waals surface area contributed by atoms with E-state index in [9.17, 15) is 4.79 Å². The zero-order valence-corrected chi connectivity index (χ0v) is 5.29. The van der Waals surface area contributed by atoms with Crippen LogP contribution in [0.25, 0.3) is 0 Å². The van der Waals surface area contributed by atoms with Crippen LogP contribution >= 0.6 is 0 Å². The third-order valence-corrected chi connectivity index (χ3v) is 1.04. The fourth-order valence-electron chi connectivity index (χ4n) is 0.451. The quantitative estimate of drug-likeness (QED) is 0.508. The van der Waals surface area contributed by atoms with Gasteiger partial charge in [0.2, 0.25) is 0 Å². The number of aliphatic hydroxyl groups excluding tert-OH is 1. The van der Waals surface area contributed by atoms with E-state index in [-0.39, 0.29) is 12.6 Å². The van der Waals surface area contributed by atoms with E-state index in [1.54, 1.807) is 6.92 Å². The van der Waals surface area contributed by atoms with Crippen LogP contribution in [0.4, 0.5) is 4.79 Å². The summed E-state index contributed by atoms with van der Waals surface area (Å²) in [6.45, 7) is 1.67. The summed E-state index contributed by atoms with van der Waals surface area (Å²) in [5.41, 5.74) is 0. The fraction of sp³-hybridized carbons (Fsp3) is 0.800. The van der Waals surface area contributed by atoms with Crippen molar-refractivity contribution >= 4 is 6.09 Å². The van der Waals surface area contributed by atoms with Crippen molar-refractivity contribution in [3.63, 3.8) is 0 Å². The number of amides is 1. The van der Waals surface area contributed by atoms with E-state index < -0.39 is 6.09 Å². The summed E-state index contributed by atoms with van der Waals surface area (Å²) in [6, 6.07) is -0.317. The highest BCUT2D eigenvalue weighted by atomic mass is 16.4. The highest BCUT2D eigenvalue weighted by Crippen LogP contribution is 1.86. The van der Waals surface area contributed by atoms with E-state index in [4.69, 9.17) is 10.2 Å². The molecule has 0 radical (unpaired) electrons. The molecule has 1 amide bonds. The van der Waals surface area contributed by atoms with E-state index in [0.717, 1.165) is 0 Å². The van der Waals surface area contributed by atoms with E-state index in [0.29, 0.717) is 6.42 Å². The first-order valence-electron chi connectivity index (χ1n) is 2.81. The van der Waals surface area contributed by atoms with Crippen LogP contribution < -0.4 is 5.32 Å². The normalized spacial score (nSPS) is 12.7. The van der Waals surface area contributed by atoms with Gasteiger partial charge in [-0.1, -0.05) is 6.92 Å². The Hall–Kier alpha value is -0.770. The molecule has 0 spiro atoms. The fourth-order valence-corrected chi connectivity index (χ4v) is 0.451. The van der Waals surface area contributed by atoms with Crippen molar-refractivity contribution in [2.45, 2.75) is 19.4 Å². The van der Waals surface area contributed by atoms with Crippen LogP contribution in [0.2, 0.25) is 0 Å². The lowest BCUT2D eigenvalue weighted by atomic mass is 10.2. The topological polar surface area (TPSA) is 69.6 Å². The lowest BCUT2D eigenvalue weighted by Gasteiger charge is -2.09. The van der Waals surface area contributed by atoms with Gasteiger partial charge in [0.15, 0.2) is 0 Å². The first-order valence-corrected chi connectivity index (χ1v) is 2.81. The third-order valence-electron chi connectivity index (χ3n) is 1.04. The lowest BCUT2D eigenvalue weighted by Crippen LogP contribution is -2.35. The Bertz CT molecular complexity index is 90.2. The molecule has 3 N–H and O–H groups in total. The Morgan fingerprint density at radius 1 is 1.78 bits per heavy atom. The maximum absolute atomic E-state index is 9.91. The van der Waals surface area contributed by atoms with Gasteiger partial charge in [-0.05, 0) is 6.42 Å². The molecule has 0 saturated heterocycles. The van der Waals surface area contributed by atoms with E-state index in [1.165, 1.54) is 0 Å². The van der Waals surface area contributed by atoms with E-state index >= 15 is 0 Å². The van der Waals surface area contributed by atoms with Gasteiger partial charge >= 0.3 is 6.09 Å². The van der Waals surface area contributed by atoms with Gasteiger partial charge < -0.3 is 15.5 Å². The Morgan fingerprint density at radius 2 is 2.33 bits per heavy atom. The van der Waals surface area contributed by atoms with Crippen molar-refractivity contribution in [3.8, 4) is 0 Å². The highest BCUT2D eigenvalue weighted by Gasteiger charge is 2.05. The monoisotopic (exact) mass is 133 g/mol. The van der Waals surface area contributed by atoms with Crippen molar-refractivity contribution < 1.29 is 15.0 Å². The number of hydrogen-bond acceptors (Lipinski definition) is 2. The molecule has 54 valence electrons. The molecule has 0 aliphatic heterocycles. The zero-order chi connectivity index (χ0) is 7.28. The molecule has 0 fully saturated rings. The number of rotatable bonds is 3. The van der Waals surface area contributed by atoms with Crippen LogP contribution in [0.15, 0.2) is 0 Å². The van der Waals surface area contributed by atoms with Crippen LogP contribution in [0.5, 0.6) is 0 Å². The van der Waals surface area contributed by atoms with Gasteiger partial charge in [0, 0.05) is 0 Å². The van der Waals surface area contributed by atoms with Crippen LogP contribution in [0.3, 0.4) is 0 Å². The first-order chi connectivity index (χ1) is 4.20. The number of hydrogen-bond donors (Lipinski definition) is 3. The molecule has 0 aromatic rings. The molecular weight excluding hydrogens is 122 g/mol. The summed E-state index contributed by atoms with van der Waals surface area (Å²) >= 11 is 0. The molecule has 0 aromatic heterocycles. The second kappa shape index (κ2) is 4.14. The SMILES string of the molecule is CCC(CO)NC(=O)O. The van der Waals surface area contributed by atoms with Crippen LogP contribution in [-0.4, -0.2) is 29.0 Å². The highest BCUT2D eigenvalue weighted by molar-refractivity contribution is 5.64. The predicted octanol–water partition coefficient (Wildman–Crippen LogP) is 0.0249. The smallest absolute Gasteiger partial charge is 0.404 e. The molecule has 4 heteroatoms. The Morgan fingerprint density at radius 3 is 2.44 bits per heavy atom. The molecule has 4 nitrogen and oxygen atoms in total. The zero-order valence-electron chi connectivity index (χ0n) is 5.29.